The monoisotopic (exact) mass is 358 g/mol. The van der Waals surface area contributed by atoms with Crippen LogP contribution in [-0.2, 0) is 11.8 Å². The summed E-state index contributed by atoms with van der Waals surface area (Å²) in [6, 6.07) is 7.07. The first-order valence-corrected chi connectivity index (χ1v) is 8.53. The summed E-state index contributed by atoms with van der Waals surface area (Å²) in [4.78, 5) is 26.8. The maximum atomic E-state index is 12.6. The van der Waals surface area contributed by atoms with Crippen molar-refractivity contribution in [3.05, 3.63) is 46.4 Å². The molecule has 2 aromatic rings. The Kier molecular flexibility index (Phi) is 5.52. The van der Waals surface area contributed by atoms with Gasteiger partial charge < -0.3 is 19.7 Å². The van der Waals surface area contributed by atoms with Crippen LogP contribution in [0.25, 0.3) is 0 Å². The third kappa shape index (κ3) is 3.85. The van der Waals surface area contributed by atoms with E-state index in [2.05, 4.69) is 10.4 Å². The molecule has 1 aromatic heterocycles. The van der Waals surface area contributed by atoms with Gasteiger partial charge in [-0.25, -0.2) is 4.68 Å². The SMILES string of the molecule is CCOc1cnn(C)c(=O)c1Nc1cccc(C(=O)N2CCOCC2)c1. The molecular formula is C18H22N4O4. The number of anilines is 2. The Morgan fingerprint density at radius 3 is 2.85 bits per heavy atom. The Balaban J connectivity index is 1.86. The van der Waals surface area contributed by atoms with E-state index in [1.54, 1.807) is 36.2 Å². The molecule has 8 nitrogen and oxygen atoms in total. The standard InChI is InChI=1S/C18H22N4O4/c1-3-26-15-12-19-21(2)18(24)16(15)20-14-6-4-5-13(11-14)17(23)22-7-9-25-10-8-22/h4-6,11-12,20H,3,7-10H2,1-2H3. The van der Waals surface area contributed by atoms with Crippen molar-refractivity contribution in [3.8, 4) is 5.75 Å². The summed E-state index contributed by atoms with van der Waals surface area (Å²) < 4.78 is 12.0. The zero-order valence-corrected chi connectivity index (χ0v) is 14.9. The molecule has 1 N–H and O–H groups in total. The number of hydrogen-bond donors (Lipinski definition) is 1. The third-order valence-corrected chi connectivity index (χ3v) is 4.08. The van der Waals surface area contributed by atoms with Crippen LogP contribution in [-0.4, -0.2) is 53.5 Å². The average Bonchev–Trinajstić information content (AvgIpc) is 2.68. The molecule has 0 atom stereocenters. The van der Waals surface area contributed by atoms with E-state index in [1.165, 1.54) is 10.9 Å². The molecule has 0 bridgehead atoms. The number of carbonyl (C=O) groups excluding carboxylic acids is 1. The molecule has 0 saturated carbocycles. The molecule has 1 aromatic carbocycles. The number of ether oxygens (including phenoxy) is 2. The van der Waals surface area contributed by atoms with E-state index in [0.717, 1.165) is 0 Å². The van der Waals surface area contributed by atoms with Crippen molar-refractivity contribution in [2.45, 2.75) is 6.92 Å². The van der Waals surface area contributed by atoms with Crippen LogP contribution in [0.2, 0.25) is 0 Å². The van der Waals surface area contributed by atoms with E-state index in [4.69, 9.17) is 9.47 Å². The lowest BCUT2D eigenvalue weighted by Crippen LogP contribution is -2.40. The van der Waals surface area contributed by atoms with E-state index in [1.807, 2.05) is 6.92 Å². The molecule has 1 aliphatic heterocycles. The number of aryl methyl sites for hydroxylation is 1. The molecule has 3 rings (SSSR count). The summed E-state index contributed by atoms with van der Waals surface area (Å²) in [6.45, 7) is 4.51. The first-order valence-electron chi connectivity index (χ1n) is 8.53. The molecule has 8 heteroatoms. The highest BCUT2D eigenvalue weighted by molar-refractivity contribution is 5.95. The van der Waals surface area contributed by atoms with Crippen molar-refractivity contribution in [2.24, 2.45) is 7.05 Å². The lowest BCUT2D eigenvalue weighted by atomic mass is 10.1. The van der Waals surface area contributed by atoms with Crippen LogP contribution in [0.3, 0.4) is 0 Å². The van der Waals surface area contributed by atoms with Gasteiger partial charge in [-0.15, -0.1) is 0 Å². The van der Waals surface area contributed by atoms with Gasteiger partial charge in [0.2, 0.25) is 0 Å². The van der Waals surface area contributed by atoms with Gasteiger partial charge in [0, 0.05) is 31.4 Å². The van der Waals surface area contributed by atoms with E-state index in [-0.39, 0.29) is 11.5 Å². The number of carbonyl (C=O) groups is 1. The van der Waals surface area contributed by atoms with Crippen LogP contribution in [0.1, 0.15) is 17.3 Å². The van der Waals surface area contributed by atoms with Crippen molar-refractivity contribution in [1.29, 1.82) is 0 Å². The average molecular weight is 358 g/mol. The topological polar surface area (TPSA) is 85.7 Å². The highest BCUT2D eigenvalue weighted by Gasteiger charge is 2.19. The second kappa shape index (κ2) is 8.01. The van der Waals surface area contributed by atoms with Crippen molar-refractivity contribution in [1.82, 2.24) is 14.7 Å². The van der Waals surface area contributed by atoms with Crippen LogP contribution >= 0.6 is 0 Å². The van der Waals surface area contributed by atoms with Gasteiger partial charge >= 0.3 is 0 Å². The zero-order valence-electron chi connectivity index (χ0n) is 14.9. The molecule has 0 aliphatic carbocycles. The highest BCUT2D eigenvalue weighted by atomic mass is 16.5. The molecule has 1 aliphatic rings. The number of morpholine rings is 1. The Bertz CT molecular complexity index is 843. The van der Waals surface area contributed by atoms with Gasteiger partial charge in [-0.3, -0.25) is 9.59 Å². The van der Waals surface area contributed by atoms with Crippen LogP contribution in [0.15, 0.2) is 35.3 Å². The number of benzene rings is 1. The van der Waals surface area contributed by atoms with Gasteiger partial charge in [0.15, 0.2) is 11.4 Å². The quantitative estimate of drug-likeness (QED) is 0.869. The molecule has 26 heavy (non-hydrogen) atoms. The summed E-state index contributed by atoms with van der Waals surface area (Å²) in [5, 5.41) is 7.04. The fraction of sp³-hybridized carbons (Fsp3) is 0.389. The third-order valence-electron chi connectivity index (χ3n) is 4.08. The van der Waals surface area contributed by atoms with Crippen LogP contribution in [0.5, 0.6) is 5.75 Å². The minimum atomic E-state index is -0.305. The molecule has 0 unspecified atom stereocenters. The van der Waals surface area contributed by atoms with Gasteiger partial charge in [0.05, 0.1) is 26.0 Å². The molecular weight excluding hydrogens is 336 g/mol. The molecule has 0 radical (unpaired) electrons. The molecule has 138 valence electrons. The van der Waals surface area contributed by atoms with E-state index >= 15 is 0 Å². The zero-order chi connectivity index (χ0) is 18.5. The van der Waals surface area contributed by atoms with Crippen LogP contribution in [0.4, 0.5) is 11.4 Å². The predicted octanol–water partition coefficient (Wildman–Crippen LogP) is 1.39. The number of nitrogens with one attached hydrogen (secondary N) is 1. The summed E-state index contributed by atoms with van der Waals surface area (Å²) in [7, 11) is 1.57. The fourth-order valence-electron chi connectivity index (χ4n) is 2.73. The highest BCUT2D eigenvalue weighted by Crippen LogP contribution is 2.24. The number of amides is 1. The Morgan fingerprint density at radius 2 is 2.12 bits per heavy atom. The normalized spacial score (nSPS) is 14.2. The van der Waals surface area contributed by atoms with Gasteiger partial charge in [-0.1, -0.05) is 6.07 Å². The summed E-state index contributed by atoms with van der Waals surface area (Å²) >= 11 is 0. The van der Waals surface area contributed by atoms with Crippen LogP contribution in [0, 0.1) is 0 Å². The van der Waals surface area contributed by atoms with Crippen molar-refractivity contribution in [3.63, 3.8) is 0 Å². The van der Waals surface area contributed by atoms with Crippen molar-refractivity contribution < 1.29 is 14.3 Å². The lowest BCUT2D eigenvalue weighted by Gasteiger charge is -2.27. The molecule has 1 amide bonds. The van der Waals surface area contributed by atoms with Crippen molar-refractivity contribution >= 4 is 17.3 Å². The molecule has 0 spiro atoms. The minimum absolute atomic E-state index is 0.0513. The Labute approximate surface area is 151 Å². The fourth-order valence-corrected chi connectivity index (χ4v) is 2.73. The summed E-state index contributed by atoms with van der Waals surface area (Å²) in [6.07, 6.45) is 1.50. The van der Waals surface area contributed by atoms with E-state index in [0.29, 0.717) is 55.6 Å². The second-order valence-corrected chi connectivity index (χ2v) is 5.86. The number of aromatic nitrogens is 2. The maximum absolute atomic E-state index is 12.6. The Morgan fingerprint density at radius 1 is 1.35 bits per heavy atom. The van der Waals surface area contributed by atoms with E-state index < -0.39 is 0 Å². The molecule has 1 fully saturated rings. The summed E-state index contributed by atoms with van der Waals surface area (Å²) in [5.74, 6) is 0.324. The van der Waals surface area contributed by atoms with Crippen molar-refractivity contribution in [2.75, 3.05) is 38.2 Å². The largest absolute Gasteiger partial charge is 0.490 e. The van der Waals surface area contributed by atoms with Gasteiger partial charge in [-0.05, 0) is 25.1 Å². The lowest BCUT2D eigenvalue weighted by molar-refractivity contribution is 0.0303. The number of nitrogens with zero attached hydrogens (tertiary/aromatic N) is 3. The maximum Gasteiger partial charge on any atom is 0.294 e. The predicted molar refractivity (Wildman–Crippen MR) is 97.1 cm³/mol. The van der Waals surface area contributed by atoms with Gasteiger partial charge in [-0.2, -0.15) is 5.10 Å². The van der Waals surface area contributed by atoms with Gasteiger partial charge in [0.1, 0.15) is 0 Å². The number of rotatable bonds is 5. The first kappa shape index (κ1) is 17.9. The first-order chi connectivity index (χ1) is 12.6. The van der Waals surface area contributed by atoms with Crippen LogP contribution < -0.4 is 15.6 Å². The smallest absolute Gasteiger partial charge is 0.294 e. The minimum Gasteiger partial charge on any atom is -0.490 e. The van der Waals surface area contributed by atoms with Gasteiger partial charge in [0.25, 0.3) is 11.5 Å². The molecule has 1 saturated heterocycles. The second-order valence-electron chi connectivity index (χ2n) is 5.86. The summed E-state index contributed by atoms with van der Waals surface area (Å²) in [5.41, 5.74) is 1.18. The molecule has 2 heterocycles. The van der Waals surface area contributed by atoms with E-state index in [9.17, 15) is 9.59 Å². The Hall–Kier alpha value is -2.87. The number of hydrogen-bond acceptors (Lipinski definition) is 6.